The molecule has 1 saturated heterocycles. The fourth-order valence-electron chi connectivity index (χ4n) is 2.19. The van der Waals surface area contributed by atoms with E-state index in [2.05, 4.69) is 15.6 Å². The Bertz CT molecular complexity index is 435. The van der Waals surface area contributed by atoms with E-state index in [0.29, 0.717) is 13.2 Å². The van der Waals surface area contributed by atoms with Crippen LogP contribution in [-0.4, -0.2) is 50.3 Å². The monoisotopic (exact) mass is 278 g/mol. The number of amides is 1. The normalized spacial score (nSPS) is 19.0. The van der Waals surface area contributed by atoms with Gasteiger partial charge in [-0.05, 0) is 18.6 Å². The zero-order valence-corrected chi connectivity index (χ0v) is 12.1. The summed E-state index contributed by atoms with van der Waals surface area (Å²) in [5, 5.41) is 6.13. The Morgan fingerprint density at radius 2 is 2.40 bits per heavy atom. The van der Waals surface area contributed by atoms with Crippen molar-refractivity contribution in [1.29, 1.82) is 0 Å². The highest BCUT2D eigenvalue weighted by Crippen LogP contribution is 2.16. The van der Waals surface area contributed by atoms with Crippen LogP contribution in [0.5, 0.6) is 0 Å². The highest BCUT2D eigenvalue weighted by molar-refractivity contribution is 5.85. The third-order valence-electron chi connectivity index (χ3n) is 3.41. The number of carbonyl (C=O) groups is 1. The third kappa shape index (κ3) is 3.68. The van der Waals surface area contributed by atoms with Crippen LogP contribution < -0.4 is 15.5 Å². The molecule has 0 bridgehead atoms. The van der Waals surface area contributed by atoms with Gasteiger partial charge in [0.2, 0.25) is 5.91 Å². The van der Waals surface area contributed by atoms with Crippen molar-refractivity contribution in [3.8, 4) is 0 Å². The number of piperazine rings is 1. The summed E-state index contributed by atoms with van der Waals surface area (Å²) in [6, 6.07) is 3.85. The Morgan fingerprint density at radius 3 is 3.10 bits per heavy atom. The number of nitrogens with zero attached hydrogens (tertiary/aromatic N) is 2. The van der Waals surface area contributed by atoms with Crippen molar-refractivity contribution < 1.29 is 9.53 Å². The van der Waals surface area contributed by atoms with E-state index in [1.807, 2.05) is 30.2 Å². The lowest BCUT2D eigenvalue weighted by Gasteiger charge is -2.33. The molecule has 110 valence electrons. The molecule has 2 N–H and O–H groups in total. The number of rotatable bonds is 6. The SMILES string of the molecule is COCCNCc1ccc(N2CCNC(=O)C2C)nc1. The minimum atomic E-state index is -0.165. The zero-order valence-electron chi connectivity index (χ0n) is 12.1. The van der Waals surface area contributed by atoms with Gasteiger partial charge in [-0.25, -0.2) is 4.98 Å². The molecule has 20 heavy (non-hydrogen) atoms. The van der Waals surface area contributed by atoms with Crippen LogP contribution in [-0.2, 0) is 16.1 Å². The van der Waals surface area contributed by atoms with Crippen molar-refractivity contribution in [2.75, 3.05) is 38.3 Å². The maximum absolute atomic E-state index is 11.6. The van der Waals surface area contributed by atoms with Crippen molar-refractivity contribution in [2.24, 2.45) is 0 Å². The van der Waals surface area contributed by atoms with Crippen LogP contribution in [0, 0.1) is 0 Å². The zero-order chi connectivity index (χ0) is 14.4. The van der Waals surface area contributed by atoms with Gasteiger partial charge in [-0.3, -0.25) is 4.79 Å². The Kier molecular flexibility index (Phi) is 5.31. The van der Waals surface area contributed by atoms with Crippen molar-refractivity contribution in [1.82, 2.24) is 15.6 Å². The fraction of sp³-hybridized carbons (Fsp3) is 0.571. The predicted octanol–water partition coefficient (Wildman–Crippen LogP) is 0.142. The van der Waals surface area contributed by atoms with Gasteiger partial charge in [0.1, 0.15) is 11.9 Å². The molecule has 6 heteroatoms. The molecule has 1 aliphatic heterocycles. The fourth-order valence-corrected chi connectivity index (χ4v) is 2.19. The number of ether oxygens (including phenoxy) is 1. The summed E-state index contributed by atoms with van der Waals surface area (Å²) in [6.07, 6.45) is 1.86. The minimum absolute atomic E-state index is 0.0587. The van der Waals surface area contributed by atoms with Crippen LogP contribution in [0.3, 0.4) is 0 Å². The number of anilines is 1. The molecule has 1 aliphatic rings. The molecule has 1 aromatic rings. The molecule has 1 fully saturated rings. The summed E-state index contributed by atoms with van der Waals surface area (Å²) < 4.78 is 4.98. The number of pyridine rings is 1. The first-order valence-electron chi connectivity index (χ1n) is 6.91. The average molecular weight is 278 g/mol. The number of methoxy groups -OCH3 is 1. The van der Waals surface area contributed by atoms with E-state index < -0.39 is 0 Å². The lowest BCUT2D eigenvalue weighted by atomic mass is 10.2. The summed E-state index contributed by atoms with van der Waals surface area (Å²) in [5.74, 6) is 0.913. The van der Waals surface area contributed by atoms with Gasteiger partial charge in [-0.2, -0.15) is 0 Å². The van der Waals surface area contributed by atoms with Crippen molar-refractivity contribution in [3.05, 3.63) is 23.9 Å². The van der Waals surface area contributed by atoms with Gasteiger partial charge in [0, 0.05) is 39.5 Å². The molecule has 1 unspecified atom stereocenters. The molecule has 0 spiro atoms. The van der Waals surface area contributed by atoms with Crippen molar-refractivity contribution in [3.63, 3.8) is 0 Å². The Balaban J connectivity index is 1.92. The van der Waals surface area contributed by atoms with Gasteiger partial charge < -0.3 is 20.3 Å². The Hall–Kier alpha value is -1.66. The topological polar surface area (TPSA) is 66.5 Å². The van der Waals surface area contributed by atoms with Crippen LogP contribution in [0.2, 0.25) is 0 Å². The highest BCUT2D eigenvalue weighted by Gasteiger charge is 2.26. The Morgan fingerprint density at radius 1 is 1.55 bits per heavy atom. The minimum Gasteiger partial charge on any atom is -0.383 e. The second-order valence-electron chi connectivity index (χ2n) is 4.85. The van der Waals surface area contributed by atoms with Crippen LogP contribution in [0.1, 0.15) is 12.5 Å². The van der Waals surface area contributed by atoms with Crippen LogP contribution in [0.25, 0.3) is 0 Å². The molecule has 1 amide bonds. The molecule has 2 heterocycles. The van der Waals surface area contributed by atoms with E-state index in [1.54, 1.807) is 7.11 Å². The first kappa shape index (κ1) is 14.7. The number of hydrogen-bond acceptors (Lipinski definition) is 5. The third-order valence-corrected chi connectivity index (χ3v) is 3.41. The van der Waals surface area contributed by atoms with Crippen molar-refractivity contribution >= 4 is 11.7 Å². The van der Waals surface area contributed by atoms with E-state index >= 15 is 0 Å². The second kappa shape index (κ2) is 7.21. The van der Waals surface area contributed by atoms with Gasteiger partial charge in [0.05, 0.1) is 6.61 Å². The maximum atomic E-state index is 11.6. The maximum Gasteiger partial charge on any atom is 0.242 e. The number of nitrogens with one attached hydrogen (secondary N) is 2. The molecule has 0 aromatic carbocycles. The van der Waals surface area contributed by atoms with Crippen LogP contribution >= 0.6 is 0 Å². The van der Waals surface area contributed by atoms with Gasteiger partial charge in [-0.15, -0.1) is 0 Å². The average Bonchev–Trinajstić information content (AvgIpc) is 2.47. The van der Waals surface area contributed by atoms with E-state index in [1.165, 1.54) is 0 Å². The summed E-state index contributed by atoms with van der Waals surface area (Å²) in [4.78, 5) is 18.1. The van der Waals surface area contributed by atoms with Crippen LogP contribution in [0.4, 0.5) is 5.82 Å². The molecule has 0 radical (unpaired) electrons. The molecular weight excluding hydrogens is 256 g/mol. The van der Waals surface area contributed by atoms with E-state index in [4.69, 9.17) is 4.74 Å². The van der Waals surface area contributed by atoms with Crippen LogP contribution in [0.15, 0.2) is 18.3 Å². The van der Waals surface area contributed by atoms with Gasteiger partial charge >= 0.3 is 0 Å². The molecule has 2 rings (SSSR count). The summed E-state index contributed by atoms with van der Waals surface area (Å²) in [6.45, 7) is 5.66. The molecule has 1 atom stereocenters. The number of hydrogen-bond donors (Lipinski definition) is 2. The second-order valence-corrected chi connectivity index (χ2v) is 4.85. The molecular formula is C14H22N4O2. The molecule has 6 nitrogen and oxygen atoms in total. The standard InChI is InChI=1S/C14H22N4O2/c1-11-14(19)16-5-7-18(11)13-4-3-12(10-17-13)9-15-6-8-20-2/h3-4,10-11,15H,5-9H2,1-2H3,(H,16,19). The van der Waals surface area contributed by atoms with E-state index in [-0.39, 0.29) is 11.9 Å². The lowest BCUT2D eigenvalue weighted by Crippen LogP contribution is -2.54. The quantitative estimate of drug-likeness (QED) is 0.725. The largest absolute Gasteiger partial charge is 0.383 e. The first-order chi connectivity index (χ1) is 9.72. The highest BCUT2D eigenvalue weighted by atomic mass is 16.5. The smallest absolute Gasteiger partial charge is 0.242 e. The molecule has 0 saturated carbocycles. The van der Waals surface area contributed by atoms with E-state index in [0.717, 1.165) is 31.0 Å². The molecule has 1 aromatic heterocycles. The van der Waals surface area contributed by atoms with Crippen molar-refractivity contribution in [2.45, 2.75) is 19.5 Å². The van der Waals surface area contributed by atoms with E-state index in [9.17, 15) is 4.79 Å². The number of aromatic nitrogens is 1. The summed E-state index contributed by atoms with van der Waals surface area (Å²) in [7, 11) is 1.69. The van der Waals surface area contributed by atoms with Gasteiger partial charge in [0.25, 0.3) is 0 Å². The van der Waals surface area contributed by atoms with Gasteiger partial charge in [-0.1, -0.05) is 6.07 Å². The van der Waals surface area contributed by atoms with Gasteiger partial charge in [0.15, 0.2) is 0 Å². The lowest BCUT2D eigenvalue weighted by molar-refractivity contribution is -0.122. The predicted molar refractivity (Wildman–Crippen MR) is 77.6 cm³/mol. The summed E-state index contributed by atoms with van der Waals surface area (Å²) >= 11 is 0. The molecule has 0 aliphatic carbocycles. The Labute approximate surface area is 119 Å². The first-order valence-corrected chi connectivity index (χ1v) is 6.91. The number of carbonyl (C=O) groups excluding carboxylic acids is 1. The summed E-state index contributed by atoms with van der Waals surface area (Å²) in [5.41, 5.74) is 1.12.